The highest BCUT2D eigenvalue weighted by Gasteiger charge is 2.18. The fraction of sp³-hybridized carbons (Fsp3) is 0.400. The van der Waals surface area contributed by atoms with Gasteiger partial charge >= 0.3 is 0 Å². The molecule has 0 amide bonds. The first-order chi connectivity index (χ1) is 9.61. The van der Waals surface area contributed by atoms with Gasteiger partial charge in [0.1, 0.15) is 0 Å². The van der Waals surface area contributed by atoms with Crippen molar-refractivity contribution in [3.05, 3.63) is 35.7 Å². The molecular weight excluding hydrogens is 272 g/mol. The number of carbonyl (C=O) groups is 1. The van der Waals surface area contributed by atoms with Gasteiger partial charge in [0.25, 0.3) is 5.90 Å². The third kappa shape index (κ3) is 3.48. The number of Topliss-reactive ketones (excluding diaryl/α,β-unsaturated/α-hetero) is 1. The van der Waals surface area contributed by atoms with Gasteiger partial charge in [-0.1, -0.05) is 13.0 Å². The summed E-state index contributed by atoms with van der Waals surface area (Å²) in [4.78, 5) is 20.3. The van der Waals surface area contributed by atoms with Gasteiger partial charge in [0.05, 0.1) is 18.0 Å². The summed E-state index contributed by atoms with van der Waals surface area (Å²) in [5.74, 6) is 1.07. The molecule has 1 aliphatic rings. The monoisotopic (exact) mass is 290 g/mol. The molecule has 2 rings (SSSR count). The summed E-state index contributed by atoms with van der Waals surface area (Å²) in [6.07, 6.45) is 4.91. The second-order valence-corrected chi connectivity index (χ2v) is 5.12. The van der Waals surface area contributed by atoms with Gasteiger partial charge in [0, 0.05) is 6.20 Å². The van der Waals surface area contributed by atoms with E-state index in [1.165, 1.54) is 5.57 Å². The maximum atomic E-state index is 11.9. The van der Waals surface area contributed by atoms with Crippen molar-refractivity contribution in [3.8, 4) is 5.75 Å². The highest BCUT2D eigenvalue weighted by Crippen LogP contribution is 2.26. The molecule has 1 aromatic heterocycles. The van der Waals surface area contributed by atoms with Gasteiger partial charge in [0.2, 0.25) is 5.78 Å². The summed E-state index contributed by atoms with van der Waals surface area (Å²) in [7, 11) is 0. The zero-order valence-corrected chi connectivity index (χ0v) is 12.6. The Morgan fingerprint density at radius 3 is 2.95 bits per heavy atom. The van der Waals surface area contributed by atoms with Crippen molar-refractivity contribution in [3.63, 3.8) is 0 Å². The summed E-state index contributed by atoms with van der Waals surface area (Å²) in [5.41, 5.74) is 1.98. The van der Waals surface area contributed by atoms with Crippen molar-refractivity contribution in [1.82, 2.24) is 4.98 Å². The van der Waals surface area contributed by atoms with Crippen LogP contribution >= 0.6 is 12.6 Å². The van der Waals surface area contributed by atoms with Crippen LogP contribution in [0.25, 0.3) is 0 Å². The maximum absolute atomic E-state index is 11.9. The van der Waals surface area contributed by atoms with Gasteiger partial charge in [-0.05, 0) is 37.0 Å². The first-order valence-corrected chi connectivity index (χ1v) is 7.22. The van der Waals surface area contributed by atoms with Crippen LogP contribution < -0.4 is 4.74 Å². The number of hydrogen-bond acceptors (Lipinski definition) is 5. The highest BCUT2D eigenvalue weighted by atomic mass is 32.1. The molecule has 0 saturated heterocycles. The van der Waals surface area contributed by atoms with Gasteiger partial charge in [0.15, 0.2) is 5.75 Å². The van der Waals surface area contributed by atoms with E-state index in [0.29, 0.717) is 18.2 Å². The predicted molar refractivity (Wildman–Crippen MR) is 82.6 cm³/mol. The molecule has 0 spiro atoms. The number of carbonyl (C=O) groups excluding carboxylic acids is 1. The van der Waals surface area contributed by atoms with Crippen LogP contribution in [0, 0.1) is 12.8 Å². The molecule has 1 aromatic rings. The van der Waals surface area contributed by atoms with E-state index in [4.69, 9.17) is 4.74 Å². The van der Waals surface area contributed by atoms with Crippen LogP contribution in [-0.2, 0) is 4.79 Å². The topological polar surface area (TPSA) is 51.6 Å². The number of allylic oxidation sites excluding steroid dienone is 1. The van der Waals surface area contributed by atoms with Gasteiger partial charge in [-0.15, -0.1) is 0 Å². The molecule has 4 nitrogen and oxygen atoms in total. The fourth-order valence-electron chi connectivity index (χ4n) is 1.83. The zero-order valence-electron chi connectivity index (χ0n) is 11.7. The van der Waals surface area contributed by atoms with E-state index < -0.39 is 0 Å². The van der Waals surface area contributed by atoms with Gasteiger partial charge < -0.3 is 4.74 Å². The normalized spacial score (nSPS) is 18.2. The van der Waals surface area contributed by atoms with Gasteiger partial charge in [-0.2, -0.15) is 12.6 Å². The molecular formula is C15H18N2O2S. The number of pyridine rings is 1. The Morgan fingerprint density at radius 2 is 2.40 bits per heavy atom. The van der Waals surface area contributed by atoms with Crippen LogP contribution in [0.15, 0.2) is 35.0 Å². The molecule has 0 N–H and O–H groups in total. The van der Waals surface area contributed by atoms with E-state index in [1.54, 1.807) is 18.3 Å². The second kappa shape index (κ2) is 6.70. The molecule has 0 aliphatic heterocycles. The number of hydrogen-bond donors (Lipinski definition) is 1. The number of aliphatic imine (C=N–C) groups is 1. The van der Waals surface area contributed by atoms with Crippen LogP contribution in [0.1, 0.15) is 19.0 Å². The average molecular weight is 290 g/mol. The van der Waals surface area contributed by atoms with Crippen molar-refractivity contribution in [2.75, 3.05) is 12.3 Å². The number of rotatable bonds is 5. The molecule has 1 atom stereocenters. The quantitative estimate of drug-likeness (QED) is 0.392. The first kappa shape index (κ1) is 14.8. The van der Waals surface area contributed by atoms with E-state index in [1.807, 2.05) is 6.92 Å². The van der Waals surface area contributed by atoms with E-state index in [0.717, 1.165) is 12.1 Å². The maximum Gasteiger partial charge on any atom is 0.260 e. The van der Waals surface area contributed by atoms with Crippen LogP contribution in [0.3, 0.4) is 0 Å². The first-order valence-electron chi connectivity index (χ1n) is 6.58. The second-order valence-electron chi connectivity index (χ2n) is 4.81. The van der Waals surface area contributed by atoms with Crippen molar-refractivity contribution in [2.45, 2.75) is 20.3 Å². The minimum Gasteiger partial charge on any atom is -0.434 e. The predicted octanol–water partition coefficient (Wildman–Crippen LogP) is 2.63. The van der Waals surface area contributed by atoms with Crippen LogP contribution in [0.2, 0.25) is 0 Å². The Kier molecular flexibility index (Phi) is 4.95. The lowest BCUT2D eigenvalue weighted by Gasteiger charge is -2.21. The third-order valence-electron chi connectivity index (χ3n) is 3.32. The summed E-state index contributed by atoms with van der Waals surface area (Å²) in [6, 6.07) is 3.54. The molecule has 0 fully saturated rings. The zero-order chi connectivity index (χ0) is 14.5. The van der Waals surface area contributed by atoms with Crippen molar-refractivity contribution >= 4 is 24.3 Å². The van der Waals surface area contributed by atoms with E-state index in [9.17, 15) is 4.79 Å². The Bertz CT molecular complexity index is 567. The smallest absolute Gasteiger partial charge is 0.260 e. The largest absolute Gasteiger partial charge is 0.434 e. The third-order valence-corrected chi connectivity index (χ3v) is 3.61. The van der Waals surface area contributed by atoms with E-state index >= 15 is 0 Å². The number of thiol groups is 1. The molecule has 20 heavy (non-hydrogen) atoms. The molecule has 1 heterocycles. The van der Waals surface area contributed by atoms with Crippen LogP contribution in [0.5, 0.6) is 5.75 Å². The molecule has 0 bridgehead atoms. The number of ether oxygens (including phenoxy) is 1. The number of ketones is 1. The van der Waals surface area contributed by atoms with Gasteiger partial charge in [-0.3, -0.25) is 9.78 Å². The molecule has 1 aliphatic carbocycles. The number of aromatic nitrogens is 1. The lowest BCUT2D eigenvalue weighted by molar-refractivity contribution is -0.111. The molecule has 0 saturated carbocycles. The highest BCUT2D eigenvalue weighted by molar-refractivity contribution is 7.81. The summed E-state index contributed by atoms with van der Waals surface area (Å²) in [5, 5.41) is 0. The van der Waals surface area contributed by atoms with Crippen molar-refractivity contribution < 1.29 is 9.53 Å². The Morgan fingerprint density at radius 1 is 1.60 bits per heavy atom. The van der Waals surface area contributed by atoms with Crippen LogP contribution in [-0.4, -0.2) is 29.0 Å². The molecule has 106 valence electrons. The molecule has 0 aromatic carbocycles. The number of nitrogens with zero attached hydrogens (tertiary/aromatic N) is 2. The van der Waals surface area contributed by atoms with Crippen molar-refractivity contribution in [2.24, 2.45) is 10.9 Å². The molecule has 0 radical (unpaired) electrons. The minimum absolute atomic E-state index is 0.0761. The molecule has 5 heteroatoms. The van der Waals surface area contributed by atoms with E-state index in [2.05, 4.69) is 35.6 Å². The number of aryl methyl sites for hydroxylation is 1. The summed E-state index contributed by atoms with van der Waals surface area (Å²) in [6.45, 7) is 4.49. The Labute approximate surface area is 124 Å². The lowest BCUT2D eigenvalue weighted by Crippen LogP contribution is -2.24. The summed E-state index contributed by atoms with van der Waals surface area (Å²) < 4.78 is 5.61. The van der Waals surface area contributed by atoms with Gasteiger partial charge in [-0.25, -0.2) is 4.99 Å². The van der Waals surface area contributed by atoms with Crippen molar-refractivity contribution in [1.29, 1.82) is 0 Å². The molecule has 1 unspecified atom stereocenters. The van der Waals surface area contributed by atoms with Crippen LogP contribution in [0.4, 0.5) is 0 Å². The SMILES string of the molecule is Cc1ncccc1OC(=NCC1=CCC1C)C(=O)CS. The Balaban J connectivity index is 2.13. The summed E-state index contributed by atoms with van der Waals surface area (Å²) >= 11 is 4.01. The average Bonchev–Trinajstić information content (AvgIpc) is 2.45. The lowest BCUT2D eigenvalue weighted by atomic mass is 9.87. The Hall–Kier alpha value is -1.62. The van der Waals surface area contributed by atoms with E-state index in [-0.39, 0.29) is 17.4 Å². The standard InChI is InChI=1S/C15H18N2O2S/c1-10-5-6-12(10)8-17-15(13(18)9-20)19-14-4-3-7-16-11(14)2/h3-4,6-7,10,20H,5,8-9H2,1-2H3. The minimum atomic E-state index is -0.218. The fourth-order valence-corrected chi connectivity index (χ4v) is 1.97.